The number of aromatic nitrogens is 2. The van der Waals surface area contributed by atoms with E-state index in [-0.39, 0.29) is 30.2 Å². The summed E-state index contributed by atoms with van der Waals surface area (Å²) in [5, 5.41) is 3.18. The summed E-state index contributed by atoms with van der Waals surface area (Å²) in [5.41, 5.74) is 1.23. The molecule has 3 rings (SSSR count). The quantitative estimate of drug-likeness (QED) is 0.921. The number of carbonyl (C=O) groups excluding carboxylic acids is 2. The van der Waals surface area contributed by atoms with Crippen LogP contribution in [0, 0.1) is 5.92 Å². The minimum atomic E-state index is -0.375. The van der Waals surface area contributed by atoms with Crippen molar-refractivity contribution in [2.24, 2.45) is 5.92 Å². The van der Waals surface area contributed by atoms with Crippen molar-refractivity contribution < 1.29 is 14.3 Å². The van der Waals surface area contributed by atoms with E-state index in [1.165, 1.54) is 6.20 Å². The van der Waals surface area contributed by atoms with E-state index in [0.29, 0.717) is 34.9 Å². The van der Waals surface area contributed by atoms with E-state index in [2.05, 4.69) is 15.3 Å². The van der Waals surface area contributed by atoms with Gasteiger partial charge in [0.25, 0.3) is 5.91 Å². The van der Waals surface area contributed by atoms with Crippen molar-refractivity contribution in [1.29, 1.82) is 0 Å². The van der Waals surface area contributed by atoms with E-state index >= 15 is 0 Å². The number of ketones is 1. The minimum absolute atomic E-state index is 0.0488. The average molecular weight is 346 g/mol. The molecule has 124 valence electrons. The fourth-order valence-corrected chi connectivity index (χ4v) is 2.66. The molecule has 1 heterocycles. The second kappa shape index (κ2) is 6.97. The minimum Gasteiger partial charge on any atom is -0.484 e. The van der Waals surface area contributed by atoms with Gasteiger partial charge in [0.05, 0.1) is 11.3 Å². The third-order valence-electron chi connectivity index (χ3n) is 3.68. The smallest absolute Gasteiger partial charge is 0.264 e. The molecule has 1 atom stereocenters. The molecule has 1 aromatic carbocycles. The van der Waals surface area contributed by atoms with E-state index in [4.69, 9.17) is 16.3 Å². The van der Waals surface area contributed by atoms with Crippen LogP contribution in [0.25, 0.3) is 0 Å². The van der Waals surface area contributed by atoms with Gasteiger partial charge in [0, 0.05) is 17.6 Å². The van der Waals surface area contributed by atoms with Gasteiger partial charge in [-0.15, -0.1) is 0 Å². The third-order valence-corrected chi connectivity index (χ3v) is 3.93. The summed E-state index contributed by atoms with van der Waals surface area (Å²) in [6.45, 7) is 1.83. The lowest BCUT2D eigenvalue weighted by Crippen LogP contribution is -2.24. The van der Waals surface area contributed by atoms with Crippen LogP contribution in [0.3, 0.4) is 0 Å². The standard InChI is InChI=1S/C17H16ClN3O3/c1-10-6-14-13(15(22)7-10)8-19-17(20-14)21-16(23)9-24-12-4-2-11(18)3-5-12/h2-5,8,10H,6-7,9H2,1H3,(H,19,20,21,23)/t10-/m1/s1. The lowest BCUT2D eigenvalue weighted by Gasteiger charge is -2.19. The van der Waals surface area contributed by atoms with Gasteiger partial charge in [0.1, 0.15) is 5.75 Å². The number of halogens is 1. The first kappa shape index (κ1) is 16.4. The van der Waals surface area contributed by atoms with Gasteiger partial charge in [-0.2, -0.15) is 0 Å². The fourth-order valence-electron chi connectivity index (χ4n) is 2.54. The number of Topliss-reactive ketones (excluding diaryl/α,β-unsaturated/α-hetero) is 1. The van der Waals surface area contributed by atoms with Gasteiger partial charge in [0.15, 0.2) is 12.4 Å². The van der Waals surface area contributed by atoms with Crippen molar-refractivity contribution >= 4 is 29.2 Å². The molecule has 2 aromatic rings. The van der Waals surface area contributed by atoms with Crippen LogP contribution in [0.4, 0.5) is 5.95 Å². The summed E-state index contributed by atoms with van der Waals surface area (Å²) in [6.07, 6.45) is 2.69. The zero-order valence-electron chi connectivity index (χ0n) is 13.1. The highest BCUT2D eigenvalue weighted by Crippen LogP contribution is 2.24. The highest BCUT2D eigenvalue weighted by molar-refractivity contribution is 6.30. The molecule has 24 heavy (non-hydrogen) atoms. The zero-order chi connectivity index (χ0) is 17.1. The van der Waals surface area contributed by atoms with Crippen molar-refractivity contribution in [2.45, 2.75) is 19.8 Å². The molecular formula is C17H16ClN3O3. The number of fused-ring (bicyclic) bond motifs is 1. The molecule has 0 radical (unpaired) electrons. The Kier molecular flexibility index (Phi) is 4.76. The van der Waals surface area contributed by atoms with Crippen LogP contribution in [0.15, 0.2) is 30.5 Å². The summed E-state index contributed by atoms with van der Waals surface area (Å²) in [5.74, 6) is 0.644. The van der Waals surface area contributed by atoms with E-state index < -0.39 is 0 Å². The molecule has 0 spiro atoms. The van der Waals surface area contributed by atoms with E-state index in [1.54, 1.807) is 24.3 Å². The van der Waals surface area contributed by atoms with Crippen molar-refractivity contribution in [3.05, 3.63) is 46.7 Å². The Balaban J connectivity index is 1.61. The monoisotopic (exact) mass is 345 g/mol. The number of anilines is 1. The Morgan fingerprint density at radius 1 is 1.33 bits per heavy atom. The number of nitrogens with one attached hydrogen (secondary N) is 1. The van der Waals surface area contributed by atoms with Gasteiger partial charge in [-0.25, -0.2) is 9.97 Å². The molecule has 1 N–H and O–H groups in total. The summed E-state index contributed by atoms with van der Waals surface area (Å²) in [6, 6.07) is 6.72. The number of hydrogen-bond acceptors (Lipinski definition) is 5. The molecular weight excluding hydrogens is 330 g/mol. The van der Waals surface area contributed by atoms with Crippen LogP contribution >= 0.6 is 11.6 Å². The number of ether oxygens (including phenoxy) is 1. The molecule has 0 bridgehead atoms. The molecule has 0 unspecified atom stereocenters. The van der Waals surface area contributed by atoms with Crippen molar-refractivity contribution in [1.82, 2.24) is 9.97 Å². The molecule has 1 amide bonds. The Morgan fingerprint density at radius 2 is 2.08 bits per heavy atom. The summed E-state index contributed by atoms with van der Waals surface area (Å²) >= 11 is 5.78. The van der Waals surface area contributed by atoms with Crippen molar-refractivity contribution in [3.8, 4) is 5.75 Å². The molecule has 0 saturated heterocycles. The normalized spacial score (nSPS) is 16.4. The van der Waals surface area contributed by atoms with Gasteiger partial charge < -0.3 is 4.74 Å². The van der Waals surface area contributed by atoms with E-state index in [9.17, 15) is 9.59 Å². The molecule has 1 aromatic heterocycles. The van der Waals surface area contributed by atoms with Crippen molar-refractivity contribution in [2.75, 3.05) is 11.9 Å². The number of hydrogen-bond donors (Lipinski definition) is 1. The Bertz CT molecular complexity index is 777. The predicted molar refractivity (Wildman–Crippen MR) is 89.4 cm³/mol. The van der Waals surface area contributed by atoms with Gasteiger partial charge >= 0.3 is 0 Å². The number of benzene rings is 1. The van der Waals surface area contributed by atoms with Crippen LogP contribution in [0.2, 0.25) is 5.02 Å². The number of amides is 1. The first-order chi connectivity index (χ1) is 11.5. The van der Waals surface area contributed by atoms with Crippen LogP contribution in [-0.2, 0) is 11.2 Å². The van der Waals surface area contributed by atoms with Crippen molar-refractivity contribution in [3.63, 3.8) is 0 Å². The summed E-state index contributed by atoms with van der Waals surface area (Å²) < 4.78 is 5.36. The molecule has 7 heteroatoms. The molecule has 0 aliphatic heterocycles. The first-order valence-corrected chi connectivity index (χ1v) is 7.96. The third kappa shape index (κ3) is 3.89. The van der Waals surface area contributed by atoms with Crippen LogP contribution in [0.1, 0.15) is 29.4 Å². The lowest BCUT2D eigenvalue weighted by molar-refractivity contribution is -0.118. The maximum absolute atomic E-state index is 11.9. The maximum Gasteiger partial charge on any atom is 0.264 e. The largest absolute Gasteiger partial charge is 0.484 e. The molecule has 0 fully saturated rings. The Morgan fingerprint density at radius 3 is 2.83 bits per heavy atom. The lowest BCUT2D eigenvalue weighted by atomic mass is 9.88. The highest BCUT2D eigenvalue weighted by Gasteiger charge is 2.24. The number of rotatable bonds is 4. The van der Waals surface area contributed by atoms with Gasteiger partial charge in [-0.05, 0) is 36.6 Å². The van der Waals surface area contributed by atoms with E-state index in [0.717, 1.165) is 0 Å². The second-order valence-corrected chi connectivity index (χ2v) is 6.22. The maximum atomic E-state index is 11.9. The van der Waals surface area contributed by atoms with Gasteiger partial charge in [-0.1, -0.05) is 18.5 Å². The zero-order valence-corrected chi connectivity index (χ0v) is 13.8. The predicted octanol–water partition coefficient (Wildman–Crippen LogP) is 2.91. The number of carbonyl (C=O) groups is 2. The topological polar surface area (TPSA) is 81.2 Å². The Hall–Kier alpha value is -2.47. The van der Waals surface area contributed by atoms with Crippen LogP contribution in [0.5, 0.6) is 5.75 Å². The molecule has 1 aliphatic rings. The second-order valence-electron chi connectivity index (χ2n) is 5.78. The van der Waals surface area contributed by atoms with E-state index in [1.807, 2.05) is 6.92 Å². The summed E-state index contributed by atoms with van der Waals surface area (Å²) in [7, 11) is 0. The van der Waals surface area contributed by atoms with Gasteiger partial charge in [0.2, 0.25) is 5.95 Å². The highest BCUT2D eigenvalue weighted by atomic mass is 35.5. The first-order valence-electron chi connectivity index (χ1n) is 7.58. The summed E-state index contributed by atoms with van der Waals surface area (Å²) in [4.78, 5) is 32.2. The van der Waals surface area contributed by atoms with Gasteiger partial charge in [-0.3, -0.25) is 14.9 Å². The number of nitrogens with zero attached hydrogens (tertiary/aromatic N) is 2. The molecule has 0 saturated carbocycles. The molecule has 1 aliphatic carbocycles. The SMILES string of the molecule is C[C@H]1CC(=O)c2cnc(NC(=O)COc3ccc(Cl)cc3)nc2C1. The fraction of sp³-hybridized carbons (Fsp3) is 0.294. The van der Waals surface area contributed by atoms with Crippen LogP contribution < -0.4 is 10.1 Å². The van der Waals surface area contributed by atoms with Crippen LogP contribution in [-0.4, -0.2) is 28.3 Å². The Labute approximate surface area is 144 Å². The average Bonchev–Trinajstić information content (AvgIpc) is 2.54. The molecule has 6 nitrogen and oxygen atoms in total.